The number of nitrogens with one attached hydrogen (secondary N) is 1. The van der Waals surface area contributed by atoms with Crippen LogP contribution in [-0.4, -0.2) is 43.0 Å². The minimum absolute atomic E-state index is 0.214. The molecule has 3 rings (SSSR count). The molecule has 2 N–H and O–H groups in total. The number of aliphatic hydroxyl groups excluding tert-OH is 1. The molecule has 0 aliphatic carbocycles. The predicted molar refractivity (Wildman–Crippen MR) is 93.0 cm³/mol. The highest BCUT2D eigenvalue weighted by molar-refractivity contribution is 5.87. The van der Waals surface area contributed by atoms with E-state index in [1.165, 1.54) is 0 Å². The standard InChI is InChI=1S/C17H22N6O/c1-2-3-13(6-9-24)10-19-16-15-11-22-23(17(15)21-12-20-16)14-4-7-18-8-5-14/h4-5,7-8,11-13,24H,2-3,6,9-10H2,1H3,(H,19,20,21). The van der Waals surface area contributed by atoms with Crippen molar-refractivity contribution in [2.24, 2.45) is 5.92 Å². The molecule has 0 radical (unpaired) electrons. The first-order chi connectivity index (χ1) is 11.8. The van der Waals surface area contributed by atoms with Gasteiger partial charge in [0.15, 0.2) is 5.65 Å². The topological polar surface area (TPSA) is 88.8 Å². The molecule has 126 valence electrons. The molecule has 7 nitrogen and oxygen atoms in total. The van der Waals surface area contributed by atoms with Gasteiger partial charge in [-0.3, -0.25) is 4.98 Å². The summed E-state index contributed by atoms with van der Waals surface area (Å²) in [6.07, 6.45) is 9.76. The van der Waals surface area contributed by atoms with Gasteiger partial charge in [0.05, 0.1) is 17.3 Å². The Morgan fingerprint density at radius 1 is 1.21 bits per heavy atom. The van der Waals surface area contributed by atoms with E-state index >= 15 is 0 Å². The van der Waals surface area contributed by atoms with Gasteiger partial charge in [0, 0.05) is 25.5 Å². The average Bonchev–Trinajstić information content (AvgIpc) is 3.05. The molecule has 0 aromatic carbocycles. The lowest BCUT2D eigenvalue weighted by Gasteiger charge is -2.16. The highest BCUT2D eigenvalue weighted by Gasteiger charge is 2.13. The van der Waals surface area contributed by atoms with E-state index in [0.717, 1.165) is 48.3 Å². The summed E-state index contributed by atoms with van der Waals surface area (Å²) in [6, 6.07) is 3.78. The van der Waals surface area contributed by atoms with Crippen molar-refractivity contribution in [2.45, 2.75) is 26.2 Å². The highest BCUT2D eigenvalue weighted by Crippen LogP contribution is 2.22. The molecule has 0 spiro atoms. The Hall–Kier alpha value is -2.54. The van der Waals surface area contributed by atoms with Crippen molar-refractivity contribution in [3.63, 3.8) is 0 Å². The van der Waals surface area contributed by atoms with E-state index in [9.17, 15) is 5.11 Å². The van der Waals surface area contributed by atoms with E-state index < -0.39 is 0 Å². The zero-order valence-corrected chi connectivity index (χ0v) is 13.8. The zero-order chi connectivity index (χ0) is 16.8. The maximum absolute atomic E-state index is 9.19. The molecule has 3 heterocycles. The molecular weight excluding hydrogens is 304 g/mol. The van der Waals surface area contributed by atoms with Crippen LogP contribution in [0.3, 0.4) is 0 Å². The van der Waals surface area contributed by atoms with Gasteiger partial charge in [-0.1, -0.05) is 13.3 Å². The zero-order valence-electron chi connectivity index (χ0n) is 13.8. The molecule has 7 heteroatoms. The first-order valence-electron chi connectivity index (χ1n) is 8.27. The number of anilines is 1. The van der Waals surface area contributed by atoms with E-state index in [1.807, 2.05) is 12.1 Å². The Bertz CT molecular complexity index is 767. The Balaban J connectivity index is 1.84. The first kappa shape index (κ1) is 16.3. The third kappa shape index (κ3) is 3.51. The molecule has 0 amide bonds. The van der Waals surface area contributed by atoms with Gasteiger partial charge in [-0.05, 0) is 30.9 Å². The van der Waals surface area contributed by atoms with Gasteiger partial charge < -0.3 is 10.4 Å². The summed E-state index contributed by atoms with van der Waals surface area (Å²) in [4.78, 5) is 12.8. The number of aromatic nitrogens is 5. The van der Waals surface area contributed by atoms with Crippen LogP contribution < -0.4 is 5.32 Å². The average molecular weight is 326 g/mol. The fraction of sp³-hybridized carbons (Fsp3) is 0.412. The number of pyridine rings is 1. The number of hydrogen-bond donors (Lipinski definition) is 2. The monoisotopic (exact) mass is 326 g/mol. The van der Waals surface area contributed by atoms with Crippen LogP contribution in [0.2, 0.25) is 0 Å². The smallest absolute Gasteiger partial charge is 0.168 e. The molecule has 1 unspecified atom stereocenters. The minimum atomic E-state index is 0.214. The van der Waals surface area contributed by atoms with Gasteiger partial charge >= 0.3 is 0 Å². The second-order valence-electron chi connectivity index (χ2n) is 5.77. The number of fused-ring (bicyclic) bond motifs is 1. The van der Waals surface area contributed by atoms with Gasteiger partial charge in [0.1, 0.15) is 12.1 Å². The Morgan fingerprint density at radius 2 is 2.04 bits per heavy atom. The van der Waals surface area contributed by atoms with Gasteiger partial charge in [0.25, 0.3) is 0 Å². The number of nitrogens with zero attached hydrogens (tertiary/aromatic N) is 5. The minimum Gasteiger partial charge on any atom is -0.396 e. The van der Waals surface area contributed by atoms with Crippen LogP contribution in [0, 0.1) is 5.92 Å². The molecule has 24 heavy (non-hydrogen) atoms. The third-order valence-electron chi connectivity index (χ3n) is 4.07. The Labute approximate surface area is 140 Å². The van der Waals surface area contributed by atoms with Crippen molar-refractivity contribution in [1.82, 2.24) is 24.7 Å². The van der Waals surface area contributed by atoms with Gasteiger partial charge in [-0.2, -0.15) is 5.10 Å². The summed E-state index contributed by atoms with van der Waals surface area (Å²) >= 11 is 0. The summed E-state index contributed by atoms with van der Waals surface area (Å²) in [5, 5.41) is 17.9. The van der Waals surface area contributed by atoms with Crippen LogP contribution in [0.25, 0.3) is 16.7 Å². The molecule has 0 saturated carbocycles. The molecule has 1 atom stereocenters. The van der Waals surface area contributed by atoms with E-state index in [1.54, 1.807) is 29.6 Å². The molecule has 3 aromatic rings. The molecule has 0 aliphatic heterocycles. The van der Waals surface area contributed by atoms with Crippen molar-refractivity contribution >= 4 is 16.9 Å². The van der Waals surface area contributed by atoms with Crippen LogP contribution in [0.1, 0.15) is 26.2 Å². The fourth-order valence-electron chi connectivity index (χ4n) is 2.84. The molecule has 0 aliphatic rings. The van der Waals surface area contributed by atoms with Crippen molar-refractivity contribution in [3.05, 3.63) is 37.1 Å². The largest absolute Gasteiger partial charge is 0.396 e. The second kappa shape index (κ2) is 7.83. The lowest BCUT2D eigenvalue weighted by atomic mass is 10.0. The molecule has 0 bridgehead atoms. The Kier molecular flexibility index (Phi) is 5.32. The first-order valence-corrected chi connectivity index (χ1v) is 8.27. The summed E-state index contributed by atoms with van der Waals surface area (Å²) in [5.74, 6) is 1.21. The fourth-order valence-corrected chi connectivity index (χ4v) is 2.84. The van der Waals surface area contributed by atoms with Gasteiger partial charge in [-0.25, -0.2) is 14.6 Å². The molecule has 0 fully saturated rings. The summed E-state index contributed by atoms with van der Waals surface area (Å²) in [5.41, 5.74) is 1.67. The maximum Gasteiger partial charge on any atom is 0.168 e. The van der Waals surface area contributed by atoms with Crippen molar-refractivity contribution in [3.8, 4) is 5.69 Å². The van der Waals surface area contributed by atoms with Crippen LogP contribution in [-0.2, 0) is 0 Å². The van der Waals surface area contributed by atoms with Crippen LogP contribution in [0.5, 0.6) is 0 Å². The van der Waals surface area contributed by atoms with Crippen LogP contribution in [0.15, 0.2) is 37.1 Å². The second-order valence-corrected chi connectivity index (χ2v) is 5.77. The predicted octanol–water partition coefficient (Wildman–Crippen LogP) is 2.42. The summed E-state index contributed by atoms with van der Waals surface area (Å²) in [7, 11) is 0. The highest BCUT2D eigenvalue weighted by atomic mass is 16.3. The maximum atomic E-state index is 9.19. The Morgan fingerprint density at radius 3 is 2.79 bits per heavy atom. The summed E-state index contributed by atoms with van der Waals surface area (Å²) in [6.45, 7) is 3.15. The summed E-state index contributed by atoms with van der Waals surface area (Å²) < 4.78 is 1.78. The van der Waals surface area contributed by atoms with E-state index in [2.05, 4.69) is 32.3 Å². The van der Waals surface area contributed by atoms with Crippen LogP contribution >= 0.6 is 0 Å². The van der Waals surface area contributed by atoms with E-state index in [4.69, 9.17) is 0 Å². The lowest BCUT2D eigenvalue weighted by Crippen LogP contribution is -2.16. The third-order valence-corrected chi connectivity index (χ3v) is 4.07. The molecule has 3 aromatic heterocycles. The van der Waals surface area contributed by atoms with Crippen molar-refractivity contribution < 1.29 is 5.11 Å². The van der Waals surface area contributed by atoms with Crippen molar-refractivity contribution in [1.29, 1.82) is 0 Å². The van der Waals surface area contributed by atoms with Gasteiger partial charge in [-0.15, -0.1) is 0 Å². The van der Waals surface area contributed by atoms with Crippen LogP contribution in [0.4, 0.5) is 5.82 Å². The quantitative estimate of drug-likeness (QED) is 0.661. The SMILES string of the molecule is CCCC(CCO)CNc1ncnc2c1cnn2-c1ccncc1. The van der Waals surface area contributed by atoms with E-state index in [0.29, 0.717) is 5.92 Å². The lowest BCUT2D eigenvalue weighted by molar-refractivity contribution is 0.255. The number of rotatable bonds is 8. The molecule has 0 saturated heterocycles. The number of aliphatic hydroxyl groups is 1. The normalized spacial score (nSPS) is 12.4. The van der Waals surface area contributed by atoms with Crippen molar-refractivity contribution in [2.75, 3.05) is 18.5 Å². The van der Waals surface area contributed by atoms with E-state index in [-0.39, 0.29) is 6.61 Å². The number of hydrogen-bond acceptors (Lipinski definition) is 6. The molecular formula is C17H22N6O. The van der Waals surface area contributed by atoms with Gasteiger partial charge in [0.2, 0.25) is 0 Å².